The first-order chi connectivity index (χ1) is 10.2. The second kappa shape index (κ2) is 6.65. The maximum atomic E-state index is 11.8. The molecule has 2 rings (SSSR count). The molecule has 5 nitrogen and oxygen atoms in total. The molecule has 0 aliphatic rings. The molecule has 5 heteroatoms. The summed E-state index contributed by atoms with van der Waals surface area (Å²) >= 11 is 0. The Labute approximate surface area is 123 Å². The van der Waals surface area contributed by atoms with Gasteiger partial charge in [0.2, 0.25) is 0 Å². The van der Waals surface area contributed by atoms with Gasteiger partial charge >= 0.3 is 5.97 Å². The first-order valence-corrected chi connectivity index (χ1v) is 6.49. The summed E-state index contributed by atoms with van der Waals surface area (Å²) in [4.78, 5) is 11.8. The molecule has 0 spiro atoms. The van der Waals surface area contributed by atoms with Gasteiger partial charge in [0.05, 0.1) is 31.2 Å². The van der Waals surface area contributed by atoms with Crippen LogP contribution < -0.4 is 15.8 Å². The Balaban J connectivity index is 2.21. The number of carbonyl (C=O) groups is 1. The van der Waals surface area contributed by atoms with E-state index in [2.05, 4.69) is 5.32 Å². The zero-order valence-corrected chi connectivity index (χ0v) is 12.1. The highest BCUT2D eigenvalue weighted by molar-refractivity contribution is 5.98. The Morgan fingerprint density at radius 3 is 2.67 bits per heavy atom. The lowest BCUT2D eigenvalue weighted by atomic mass is 10.1. The molecule has 0 fully saturated rings. The van der Waals surface area contributed by atoms with E-state index in [0.29, 0.717) is 23.5 Å². The van der Waals surface area contributed by atoms with Gasteiger partial charge in [0.15, 0.2) is 0 Å². The van der Waals surface area contributed by atoms with E-state index in [0.717, 1.165) is 11.3 Å². The number of hydrogen-bond acceptors (Lipinski definition) is 5. The SMILES string of the molecule is COC(=O)c1cccc(N)c1NCc1cccc(OC)c1. The third-order valence-corrected chi connectivity index (χ3v) is 3.11. The minimum absolute atomic E-state index is 0.417. The van der Waals surface area contributed by atoms with E-state index in [1.807, 2.05) is 24.3 Å². The molecular weight excluding hydrogens is 268 g/mol. The second-order valence-electron chi connectivity index (χ2n) is 4.47. The van der Waals surface area contributed by atoms with E-state index in [1.165, 1.54) is 7.11 Å². The summed E-state index contributed by atoms with van der Waals surface area (Å²) in [7, 11) is 2.97. The topological polar surface area (TPSA) is 73.6 Å². The number of hydrogen-bond donors (Lipinski definition) is 2. The molecule has 0 saturated heterocycles. The van der Waals surface area contributed by atoms with E-state index in [-0.39, 0.29) is 0 Å². The lowest BCUT2D eigenvalue weighted by molar-refractivity contribution is 0.0602. The number of nitrogen functional groups attached to an aromatic ring is 1. The molecule has 0 heterocycles. The van der Waals surface area contributed by atoms with Gasteiger partial charge in [-0.15, -0.1) is 0 Å². The van der Waals surface area contributed by atoms with Gasteiger partial charge in [-0.3, -0.25) is 0 Å². The van der Waals surface area contributed by atoms with Gasteiger partial charge in [0.25, 0.3) is 0 Å². The molecule has 0 bridgehead atoms. The Kier molecular flexibility index (Phi) is 4.66. The van der Waals surface area contributed by atoms with Gasteiger partial charge in [-0.1, -0.05) is 18.2 Å². The smallest absolute Gasteiger partial charge is 0.340 e. The van der Waals surface area contributed by atoms with Crippen molar-refractivity contribution in [3.05, 3.63) is 53.6 Å². The Bertz CT molecular complexity index is 641. The average Bonchev–Trinajstić information content (AvgIpc) is 2.53. The number of rotatable bonds is 5. The average molecular weight is 286 g/mol. The standard InChI is InChI=1S/C16H18N2O3/c1-20-12-6-3-5-11(9-12)10-18-15-13(16(19)21-2)7-4-8-14(15)17/h3-9,18H,10,17H2,1-2H3. The first kappa shape index (κ1) is 14.7. The van der Waals surface area contributed by atoms with Crippen molar-refractivity contribution in [2.75, 3.05) is 25.3 Å². The van der Waals surface area contributed by atoms with Gasteiger partial charge < -0.3 is 20.5 Å². The third kappa shape index (κ3) is 3.45. The number of carbonyl (C=O) groups excluding carboxylic acids is 1. The number of methoxy groups -OCH3 is 2. The number of benzene rings is 2. The van der Waals surface area contributed by atoms with E-state index in [9.17, 15) is 4.79 Å². The predicted molar refractivity (Wildman–Crippen MR) is 82.5 cm³/mol. The number of nitrogens with two attached hydrogens (primary N) is 1. The minimum atomic E-state index is -0.421. The maximum Gasteiger partial charge on any atom is 0.340 e. The van der Waals surface area contributed by atoms with Crippen LogP contribution in [0.5, 0.6) is 5.75 Å². The molecule has 0 aliphatic heterocycles. The molecule has 0 amide bonds. The van der Waals surface area contributed by atoms with Gasteiger partial charge in [0, 0.05) is 6.54 Å². The van der Waals surface area contributed by atoms with Gasteiger partial charge in [0.1, 0.15) is 5.75 Å². The summed E-state index contributed by atoms with van der Waals surface area (Å²) < 4.78 is 9.95. The van der Waals surface area contributed by atoms with Crippen LogP contribution in [0.3, 0.4) is 0 Å². The lowest BCUT2D eigenvalue weighted by Crippen LogP contribution is -2.10. The normalized spacial score (nSPS) is 10.0. The largest absolute Gasteiger partial charge is 0.497 e. The molecule has 0 unspecified atom stereocenters. The molecule has 0 aliphatic carbocycles. The van der Waals surface area contributed by atoms with Crippen LogP contribution in [0, 0.1) is 0 Å². The van der Waals surface area contributed by atoms with Crippen LogP contribution in [0.25, 0.3) is 0 Å². The fraction of sp³-hybridized carbons (Fsp3) is 0.188. The number of ether oxygens (including phenoxy) is 2. The molecule has 0 saturated carbocycles. The Morgan fingerprint density at radius 2 is 1.95 bits per heavy atom. The predicted octanol–water partition coefficient (Wildman–Crippen LogP) is 2.68. The van der Waals surface area contributed by atoms with Crippen LogP contribution in [0.15, 0.2) is 42.5 Å². The lowest BCUT2D eigenvalue weighted by Gasteiger charge is -2.13. The molecule has 0 radical (unpaired) electrons. The summed E-state index contributed by atoms with van der Waals surface area (Å²) in [5.41, 5.74) is 8.45. The van der Waals surface area contributed by atoms with E-state index in [4.69, 9.17) is 15.2 Å². The van der Waals surface area contributed by atoms with Gasteiger partial charge in [-0.2, -0.15) is 0 Å². The van der Waals surface area contributed by atoms with Crippen LogP contribution in [0.1, 0.15) is 15.9 Å². The van der Waals surface area contributed by atoms with Gasteiger partial charge in [-0.05, 0) is 29.8 Å². The summed E-state index contributed by atoms with van der Waals surface area (Å²) in [5, 5.41) is 3.18. The zero-order chi connectivity index (χ0) is 15.2. The van der Waals surface area contributed by atoms with Crippen LogP contribution in [-0.2, 0) is 11.3 Å². The van der Waals surface area contributed by atoms with Crippen LogP contribution in [0.2, 0.25) is 0 Å². The van der Waals surface area contributed by atoms with Crippen molar-refractivity contribution in [1.29, 1.82) is 0 Å². The fourth-order valence-electron chi connectivity index (χ4n) is 2.02. The molecule has 0 aromatic heterocycles. The number of nitrogens with one attached hydrogen (secondary N) is 1. The van der Waals surface area contributed by atoms with Crippen molar-refractivity contribution in [3.63, 3.8) is 0 Å². The van der Waals surface area contributed by atoms with E-state index < -0.39 is 5.97 Å². The number of para-hydroxylation sites is 1. The number of anilines is 2. The molecule has 110 valence electrons. The molecule has 3 N–H and O–H groups in total. The Morgan fingerprint density at radius 1 is 1.19 bits per heavy atom. The molecule has 0 atom stereocenters. The van der Waals surface area contributed by atoms with Crippen molar-refractivity contribution in [2.24, 2.45) is 0 Å². The fourth-order valence-corrected chi connectivity index (χ4v) is 2.02. The van der Waals surface area contributed by atoms with Crippen LogP contribution in [-0.4, -0.2) is 20.2 Å². The Hall–Kier alpha value is -2.69. The highest BCUT2D eigenvalue weighted by atomic mass is 16.5. The second-order valence-corrected chi connectivity index (χ2v) is 4.47. The molecule has 21 heavy (non-hydrogen) atoms. The minimum Gasteiger partial charge on any atom is -0.497 e. The quantitative estimate of drug-likeness (QED) is 0.653. The van der Waals surface area contributed by atoms with E-state index >= 15 is 0 Å². The molecule has 2 aromatic rings. The highest BCUT2D eigenvalue weighted by Crippen LogP contribution is 2.25. The van der Waals surface area contributed by atoms with Gasteiger partial charge in [-0.25, -0.2) is 4.79 Å². The van der Waals surface area contributed by atoms with Crippen LogP contribution >= 0.6 is 0 Å². The van der Waals surface area contributed by atoms with Crippen molar-refractivity contribution < 1.29 is 14.3 Å². The summed E-state index contributed by atoms with van der Waals surface area (Å²) in [6, 6.07) is 12.8. The third-order valence-electron chi connectivity index (χ3n) is 3.11. The van der Waals surface area contributed by atoms with Crippen molar-refractivity contribution in [2.45, 2.75) is 6.54 Å². The summed E-state index contributed by atoms with van der Waals surface area (Å²) in [6.45, 7) is 0.523. The van der Waals surface area contributed by atoms with E-state index in [1.54, 1.807) is 25.3 Å². The van der Waals surface area contributed by atoms with Crippen molar-refractivity contribution >= 4 is 17.3 Å². The molecular formula is C16H18N2O3. The first-order valence-electron chi connectivity index (χ1n) is 6.49. The maximum absolute atomic E-state index is 11.8. The number of esters is 1. The van der Waals surface area contributed by atoms with Crippen molar-refractivity contribution in [3.8, 4) is 5.75 Å². The molecule has 2 aromatic carbocycles. The zero-order valence-electron chi connectivity index (χ0n) is 12.1. The highest BCUT2D eigenvalue weighted by Gasteiger charge is 2.13. The summed E-state index contributed by atoms with van der Waals surface area (Å²) in [5.74, 6) is 0.360. The van der Waals surface area contributed by atoms with Crippen LogP contribution in [0.4, 0.5) is 11.4 Å². The van der Waals surface area contributed by atoms with Crippen molar-refractivity contribution in [1.82, 2.24) is 0 Å². The monoisotopic (exact) mass is 286 g/mol. The summed E-state index contributed by atoms with van der Waals surface area (Å²) in [6.07, 6.45) is 0.